The Morgan fingerprint density at radius 3 is 1.41 bits per heavy atom. The highest BCUT2D eigenvalue weighted by molar-refractivity contribution is 5.96. The standard InChI is InChI=1S/C50H80N4O15/c1-60-23-25-62-27-29-64-31-33-66-35-37-68-40-48(57)51-21-9-8-15-45(53-49(58)41-69-38-36-67-34-32-65-30-28-63-26-24-61-2)50(59)52-22-10-16-46(55)54-47(56)39-44-19-17-43(18-20-44)14-7-6-13-42-11-4-3-5-12-42/h3-5,11-12,17-20,45H,6-10,13-16,21-41H2,1-2H3,(H,51,57)(H,52,59)(H,53,58)(H,54,55,56)/t45-/m0/s1. The Morgan fingerprint density at radius 1 is 0.435 bits per heavy atom. The molecule has 0 saturated heterocycles. The molecular weight excluding hydrogens is 897 g/mol. The number of amides is 5. The number of benzene rings is 2. The van der Waals surface area contributed by atoms with Gasteiger partial charge in [0.05, 0.1) is 112 Å². The molecular formula is C50H80N4O15. The fourth-order valence-electron chi connectivity index (χ4n) is 6.35. The van der Waals surface area contributed by atoms with Crippen molar-refractivity contribution in [3.63, 3.8) is 0 Å². The lowest BCUT2D eigenvalue weighted by Gasteiger charge is -2.19. The number of aryl methyl sites for hydroxylation is 2. The van der Waals surface area contributed by atoms with Crippen molar-refractivity contribution in [2.75, 3.05) is 146 Å². The molecule has 2 aromatic rings. The Morgan fingerprint density at radius 2 is 0.884 bits per heavy atom. The number of hydrogen-bond donors (Lipinski definition) is 4. The first-order valence-electron chi connectivity index (χ1n) is 24.2. The second kappa shape index (κ2) is 43.6. The Balaban J connectivity index is 1.66. The fraction of sp³-hybridized carbons (Fsp3) is 0.660. The summed E-state index contributed by atoms with van der Waals surface area (Å²) in [5.74, 6) is -2.03. The first-order chi connectivity index (χ1) is 33.8. The highest BCUT2D eigenvalue weighted by Crippen LogP contribution is 2.11. The van der Waals surface area contributed by atoms with E-state index in [9.17, 15) is 24.0 Å². The van der Waals surface area contributed by atoms with Crippen LogP contribution in [-0.4, -0.2) is 182 Å². The number of methoxy groups -OCH3 is 2. The molecule has 0 aliphatic heterocycles. The first kappa shape index (κ1) is 60.7. The van der Waals surface area contributed by atoms with Crippen molar-refractivity contribution in [3.05, 3.63) is 71.3 Å². The van der Waals surface area contributed by atoms with Gasteiger partial charge in [-0.3, -0.25) is 29.3 Å². The summed E-state index contributed by atoms with van der Waals surface area (Å²) in [7, 11) is 3.22. The van der Waals surface area contributed by atoms with Gasteiger partial charge in [0.25, 0.3) is 0 Å². The van der Waals surface area contributed by atoms with Gasteiger partial charge in [-0.25, -0.2) is 0 Å². The van der Waals surface area contributed by atoms with Gasteiger partial charge in [0, 0.05) is 33.7 Å². The van der Waals surface area contributed by atoms with Gasteiger partial charge in [0.2, 0.25) is 29.5 Å². The minimum atomic E-state index is -0.886. The molecule has 2 aromatic carbocycles. The number of nitrogens with one attached hydrogen (secondary N) is 4. The van der Waals surface area contributed by atoms with Crippen molar-refractivity contribution in [3.8, 4) is 0 Å². The molecule has 69 heavy (non-hydrogen) atoms. The van der Waals surface area contributed by atoms with Crippen LogP contribution in [0.5, 0.6) is 0 Å². The predicted molar refractivity (Wildman–Crippen MR) is 258 cm³/mol. The highest BCUT2D eigenvalue weighted by Gasteiger charge is 2.21. The maximum atomic E-state index is 13.2. The lowest BCUT2D eigenvalue weighted by Crippen LogP contribution is -2.48. The molecule has 0 fully saturated rings. The van der Waals surface area contributed by atoms with Crippen molar-refractivity contribution >= 4 is 29.5 Å². The van der Waals surface area contributed by atoms with Gasteiger partial charge < -0.3 is 63.3 Å². The van der Waals surface area contributed by atoms with Gasteiger partial charge in [0.15, 0.2) is 0 Å². The van der Waals surface area contributed by atoms with Crippen LogP contribution in [0, 0.1) is 0 Å². The second-order valence-corrected chi connectivity index (χ2v) is 15.8. The number of unbranched alkanes of at least 4 members (excludes halogenated alkanes) is 2. The maximum Gasteiger partial charge on any atom is 0.246 e. The molecule has 0 aliphatic rings. The Hall–Kier alpha value is -4.41. The fourth-order valence-corrected chi connectivity index (χ4v) is 6.35. The summed E-state index contributed by atoms with van der Waals surface area (Å²) in [6, 6.07) is 17.4. The zero-order chi connectivity index (χ0) is 49.7. The Bertz CT molecular complexity index is 1610. The van der Waals surface area contributed by atoms with E-state index in [1.165, 1.54) is 11.1 Å². The van der Waals surface area contributed by atoms with E-state index in [-0.39, 0.29) is 71.2 Å². The zero-order valence-electron chi connectivity index (χ0n) is 41.1. The van der Waals surface area contributed by atoms with Crippen LogP contribution in [-0.2, 0) is 90.6 Å². The molecule has 1 atom stereocenters. The van der Waals surface area contributed by atoms with E-state index in [4.69, 9.17) is 47.4 Å². The van der Waals surface area contributed by atoms with E-state index in [0.29, 0.717) is 105 Å². The Kier molecular flexibility index (Phi) is 38.4. The molecule has 0 saturated carbocycles. The molecule has 2 rings (SSSR count). The molecule has 0 bridgehead atoms. The van der Waals surface area contributed by atoms with Gasteiger partial charge >= 0.3 is 0 Å². The summed E-state index contributed by atoms with van der Waals surface area (Å²) in [6.45, 7) is 6.56. The molecule has 4 N–H and O–H groups in total. The first-order valence-corrected chi connectivity index (χ1v) is 24.2. The van der Waals surface area contributed by atoms with Crippen LogP contribution in [0.2, 0.25) is 0 Å². The van der Waals surface area contributed by atoms with E-state index in [2.05, 4.69) is 45.5 Å². The van der Waals surface area contributed by atoms with Crippen LogP contribution < -0.4 is 21.3 Å². The number of hydrogen-bond acceptors (Lipinski definition) is 15. The summed E-state index contributed by atoms with van der Waals surface area (Å²) in [5, 5.41) is 10.7. The quantitative estimate of drug-likeness (QED) is 0.0700. The maximum absolute atomic E-state index is 13.2. The molecule has 0 aromatic heterocycles. The summed E-state index contributed by atoms with van der Waals surface area (Å²) in [4.78, 5) is 63.5. The minimum absolute atomic E-state index is 0.0220. The molecule has 0 unspecified atom stereocenters. The van der Waals surface area contributed by atoms with Gasteiger partial charge in [-0.2, -0.15) is 0 Å². The van der Waals surface area contributed by atoms with Gasteiger partial charge in [-0.05, 0) is 68.1 Å². The SMILES string of the molecule is COCCOCCOCCOCCOCC(=O)NCCCC[C@H](NC(=O)COCCOCCOCCOCCOC)C(=O)NCCCC(=O)NC(=O)Cc1ccc(CCCCc2ccccc2)cc1. The number of carbonyl (C=O) groups is 5. The van der Waals surface area contributed by atoms with Crippen LogP contribution in [0.4, 0.5) is 0 Å². The van der Waals surface area contributed by atoms with E-state index in [1.807, 2.05) is 30.3 Å². The van der Waals surface area contributed by atoms with Crippen LogP contribution in [0.1, 0.15) is 61.6 Å². The number of imide groups is 1. The average molecular weight is 977 g/mol. The number of rotatable bonds is 46. The molecule has 5 amide bonds. The molecule has 390 valence electrons. The summed E-state index contributed by atoms with van der Waals surface area (Å²) in [5.41, 5.74) is 3.35. The van der Waals surface area contributed by atoms with Crippen LogP contribution >= 0.6 is 0 Å². The van der Waals surface area contributed by atoms with Crippen molar-refractivity contribution in [2.45, 2.75) is 70.3 Å². The van der Waals surface area contributed by atoms with E-state index in [1.54, 1.807) is 14.2 Å². The highest BCUT2D eigenvalue weighted by atomic mass is 16.6. The summed E-state index contributed by atoms with van der Waals surface area (Å²) < 4.78 is 53.1. The zero-order valence-corrected chi connectivity index (χ0v) is 41.1. The van der Waals surface area contributed by atoms with E-state index < -0.39 is 29.7 Å². The number of carbonyl (C=O) groups excluding carboxylic acids is 5. The largest absolute Gasteiger partial charge is 0.382 e. The van der Waals surface area contributed by atoms with Crippen molar-refractivity contribution < 1.29 is 71.3 Å². The topological polar surface area (TPSA) is 226 Å². The monoisotopic (exact) mass is 977 g/mol. The third-order valence-electron chi connectivity index (χ3n) is 10.0. The van der Waals surface area contributed by atoms with Gasteiger partial charge in [-0.1, -0.05) is 54.6 Å². The molecule has 0 aliphatic carbocycles. The van der Waals surface area contributed by atoms with Crippen LogP contribution in [0.25, 0.3) is 0 Å². The van der Waals surface area contributed by atoms with E-state index >= 15 is 0 Å². The molecule has 0 heterocycles. The lowest BCUT2D eigenvalue weighted by molar-refractivity contribution is -0.132. The van der Waals surface area contributed by atoms with Crippen LogP contribution in [0.3, 0.4) is 0 Å². The summed E-state index contributed by atoms with van der Waals surface area (Å²) >= 11 is 0. The van der Waals surface area contributed by atoms with Crippen molar-refractivity contribution in [2.24, 2.45) is 0 Å². The molecule has 0 radical (unpaired) electrons. The minimum Gasteiger partial charge on any atom is -0.382 e. The molecule has 0 spiro atoms. The van der Waals surface area contributed by atoms with Crippen molar-refractivity contribution in [1.29, 1.82) is 0 Å². The smallest absolute Gasteiger partial charge is 0.246 e. The number of ether oxygens (including phenoxy) is 10. The third kappa shape index (κ3) is 36.2. The van der Waals surface area contributed by atoms with Gasteiger partial charge in [0.1, 0.15) is 19.3 Å². The molecule has 19 heteroatoms. The van der Waals surface area contributed by atoms with Crippen molar-refractivity contribution in [1.82, 2.24) is 21.3 Å². The Labute approximate surface area is 408 Å². The predicted octanol–water partition coefficient (Wildman–Crippen LogP) is 2.53. The lowest BCUT2D eigenvalue weighted by atomic mass is 10.0. The third-order valence-corrected chi connectivity index (χ3v) is 10.0. The van der Waals surface area contributed by atoms with Crippen LogP contribution in [0.15, 0.2) is 54.6 Å². The average Bonchev–Trinajstić information content (AvgIpc) is 3.34. The van der Waals surface area contributed by atoms with E-state index in [0.717, 1.165) is 31.2 Å². The van der Waals surface area contributed by atoms with Gasteiger partial charge in [-0.15, -0.1) is 0 Å². The molecule has 19 nitrogen and oxygen atoms in total. The summed E-state index contributed by atoms with van der Waals surface area (Å²) in [6.07, 6.45) is 5.88. The second-order valence-electron chi connectivity index (χ2n) is 15.8. The normalized spacial score (nSPS) is 11.6.